The minimum Gasteiger partial charge on any atom is -0.464 e. The first-order chi connectivity index (χ1) is 15.5. The van der Waals surface area contributed by atoms with Gasteiger partial charge in [0.1, 0.15) is 5.65 Å². The van der Waals surface area contributed by atoms with Gasteiger partial charge in [-0.15, -0.1) is 0 Å². The topological polar surface area (TPSA) is 60.9 Å². The molecule has 32 heavy (non-hydrogen) atoms. The number of hydrogen-bond donors (Lipinski definition) is 0. The zero-order valence-electron chi connectivity index (χ0n) is 19.0. The normalized spacial score (nSPS) is 12.7. The Labute approximate surface area is 186 Å². The van der Waals surface area contributed by atoms with Crippen LogP contribution in [0, 0.1) is 13.8 Å². The molecule has 0 aliphatic rings. The Hall–Kier alpha value is -3.67. The molecular weight excluding hydrogens is 400 g/mol. The molecule has 6 nitrogen and oxygen atoms in total. The number of hydrogen-bond acceptors (Lipinski definition) is 4. The Bertz CT molecular complexity index is 1490. The minimum absolute atomic E-state index is 0.275. The Morgan fingerprint density at radius 2 is 1.88 bits per heavy atom. The fourth-order valence-corrected chi connectivity index (χ4v) is 4.72. The lowest BCUT2D eigenvalue weighted by atomic mass is 9.88. The molecule has 0 fully saturated rings. The van der Waals surface area contributed by atoms with E-state index < -0.39 is 5.97 Å². The van der Waals surface area contributed by atoms with Crippen LogP contribution in [0.2, 0.25) is 0 Å². The smallest absolute Gasteiger partial charge is 0.358 e. The summed E-state index contributed by atoms with van der Waals surface area (Å²) in [5.74, 6) is 0.582. The molecule has 0 aliphatic heterocycles. The highest BCUT2D eigenvalue weighted by atomic mass is 16.5. The van der Waals surface area contributed by atoms with E-state index in [1.165, 1.54) is 29.4 Å². The lowest BCUT2D eigenvalue weighted by molar-refractivity contribution is 0.0595. The largest absolute Gasteiger partial charge is 0.464 e. The van der Waals surface area contributed by atoms with E-state index in [0.29, 0.717) is 11.7 Å². The van der Waals surface area contributed by atoms with Gasteiger partial charge in [-0.05, 0) is 48.4 Å². The second-order valence-electron chi connectivity index (χ2n) is 8.41. The van der Waals surface area contributed by atoms with E-state index in [4.69, 9.17) is 9.72 Å². The summed E-state index contributed by atoms with van der Waals surface area (Å²) in [5.41, 5.74) is 8.05. The average molecular weight is 427 g/mol. The third-order valence-electron chi connectivity index (χ3n) is 6.51. The standard InChI is InChI=1S/C26H26N4O2/c1-6-15(2)18-10-11-19(21-16(3)8-7-9-17(21)4)23-22(18)24-28-20(25(31)32-5)14-30(24)26-27-12-13-29(23)26/h7-15H,6H2,1-5H3. The summed E-state index contributed by atoms with van der Waals surface area (Å²) < 4.78 is 8.96. The van der Waals surface area contributed by atoms with Crippen LogP contribution in [-0.2, 0) is 4.74 Å². The zero-order valence-corrected chi connectivity index (χ0v) is 19.0. The molecule has 5 aromatic rings. The number of fused-ring (bicyclic) bond motifs is 6. The molecule has 3 aromatic heterocycles. The van der Waals surface area contributed by atoms with Crippen molar-refractivity contribution < 1.29 is 9.53 Å². The SMILES string of the molecule is CCC(C)c1ccc(-c2c(C)cccc2C)c2c1c1nc(C(=O)OC)cn1c1nccn21. The highest BCUT2D eigenvalue weighted by Crippen LogP contribution is 2.39. The van der Waals surface area contributed by atoms with Crippen LogP contribution in [0.1, 0.15) is 53.4 Å². The van der Waals surface area contributed by atoms with Crippen LogP contribution in [0.15, 0.2) is 48.9 Å². The minimum atomic E-state index is -0.456. The number of carbonyl (C=O) groups is 1. The summed E-state index contributed by atoms with van der Waals surface area (Å²) in [6, 6.07) is 10.8. The fraction of sp³-hybridized carbons (Fsp3) is 0.269. The van der Waals surface area contributed by atoms with E-state index in [1.807, 2.05) is 10.6 Å². The van der Waals surface area contributed by atoms with Gasteiger partial charge in [0.25, 0.3) is 0 Å². The highest BCUT2D eigenvalue weighted by Gasteiger charge is 2.23. The van der Waals surface area contributed by atoms with Crippen molar-refractivity contribution in [3.05, 3.63) is 71.3 Å². The van der Waals surface area contributed by atoms with Gasteiger partial charge >= 0.3 is 5.97 Å². The van der Waals surface area contributed by atoms with Crippen molar-refractivity contribution >= 4 is 28.3 Å². The molecule has 0 spiro atoms. The third-order valence-corrected chi connectivity index (χ3v) is 6.51. The fourth-order valence-electron chi connectivity index (χ4n) is 4.72. The van der Waals surface area contributed by atoms with E-state index in [9.17, 15) is 4.79 Å². The molecule has 6 heteroatoms. The first-order valence-electron chi connectivity index (χ1n) is 10.9. The van der Waals surface area contributed by atoms with E-state index >= 15 is 0 Å². The monoisotopic (exact) mass is 426 g/mol. The Kier molecular flexibility index (Phi) is 4.73. The van der Waals surface area contributed by atoms with Crippen molar-refractivity contribution in [3.63, 3.8) is 0 Å². The molecular formula is C26H26N4O2. The van der Waals surface area contributed by atoms with Crippen LogP contribution in [0.4, 0.5) is 0 Å². The number of rotatable bonds is 4. The number of methoxy groups -OCH3 is 1. The predicted molar refractivity (Wildman–Crippen MR) is 126 cm³/mol. The van der Waals surface area contributed by atoms with Crippen LogP contribution in [0.5, 0.6) is 0 Å². The van der Waals surface area contributed by atoms with Gasteiger partial charge in [-0.1, -0.05) is 44.2 Å². The van der Waals surface area contributed by atoms with Crippen LogP contribution in [-0.4, -0.2) is 31.8 Å². The number of aryl methyl sites for hydroxylation is 2. The Morgan fingerprint density at radius 3 is 2.56 bits per heavy atom. The lowest BCUT2D eigenvalue weighted by Gasteiger charge is -2.19. The van der Waals surface area contributed by atoms with Gasteiger partial charge in [0.05, 0.1) is 12.6 Å². The Balaban J connectivity index is 2.04. The van der Waals surface area contributed by atoms with Gasteiger partial charge in [0.2, 0.25) is 5.78 Å². The third kappa shape index (κ3) is 2.83. The van der Waals surface area contributed by atoms with Crippen LogP contribution in [0.3, 0.4) is 0 Å². The molecule has 1 atom stereocenters. The second-order valence-corrected chi connectivity index (χ2v) is 8.41. The first-order valence-corrected chi connectivity index (χ1v) is 10.9. The molecule has 2 aromatic carbocycles. The average Bonchev–Trinajstić information content (AvgIpc) is 3.45. The molecule has 0 N–H and O–H groups in total. The molecule has 0 radical (unpaired) electrons. The summed E-state index contributed by atoms with van der Waals surface area (Å²) >= 11 is 0. The van der Waals surface area contributed by atoms with Gasteiger partial charge in [-0.25, -0.2) is 14.8 Å². The van der Waals surface area contributed by atoms with Crippen molar-refractivity contribution in [2.45, 2.75) is 40.0 Å². The number of carbonyl (C=O) groups excluding carboxylic acids is 1. The maximum absolute atomic E-state index is 12.3. The summed E-state index contributed by atoms with van der Waals surface area (Å²) in [5, 5.41) is 1.04. The molecule has 0 saturated heterocycles. The molecule has 162 valence electrons. The van der Waals surface area contributed by atoms with Crippen molar-refractivity contribution in [1.82, 2.24) is 18.8 Å². The van der Waals surface area contributed by atoms with E-state index in [0.717, 1.165) is 28.5 Å². The number of imidazole rings is 2. The van der Waals surface area contributed by atoms with Crippen molar-refractivity contribution in [2.24, 2.45) is 0 Å². The molecule has 5 rings (SSSR count). The molecule has 1 unspecified atom stereocenters. The number of aromatic nitrogens is 4. The number of benzene rings is 2. The van der Waals surface area contributed by atoms with Gasteiger partial charge in [-0.2, -0.15) is 0 Å². The van der Waals surface area contributed by atoms with Crippen LogP contribution < -0.4 is 0 Å². The number of esters is 1. The van der Waals surface area contributed by atoms with Crippen LogP contribution >= 0.6 is 0 Å². The summed E-state index contributed by atoms with van der Waals surface area (Å²) in [6.07, 6.45) is 6.48. The van der Waals surface area contributed by atoms with Crippen molar-refractivity contribution in [2.75, 3.05) is 7.11 Å². The van der Waals surface area contributed by atoms with Gasteiger partial charge < -0.3 is 4.74 Å². The molecule has 3 heterocycles. The lowest BCUT2D eigenvalue weighted by Crippen LogP contribution is -2.04. The molecule has 0 amide bonds. The quantitative estimate of drug-likeness (QED) is 0.345. The second kappa shape index (κ2) is 7.48. The van der Waals surface area contributed by atoms with E-state index in [-0.39, 0.29) is 5.69 Å². The van der Waals surface area contributed by atoms with Crippen molar-refractivity contribution in [1.29, 1.82) is 0 Å². The highest BCUT2D eigenvalue weighted by molar-refractivity contribution is 6.06. The van der Waals surface area contributed by atoms with E-state index in [1.54, 1.807) is 12.4 Å². The summed E-state index contributed by atoms with van der Waals surface area (Å²) in [6.45, 7) is 8.71. The molecule has 0 bridgehead atoms. The number of ether oxygens (including phenoxy) is 1. The van der Waals surface area contributed by atoms with Gasteiger partial charge in [0.15, 0.2) is 5.69 Å². The van der Waals surface area contributed by atoms with Gasteiger partial charge in [0, 0.05) is 29.5 Å². The zero-order chi connectivity index (χ0) is 22.6. The molecule has 0 aliphatic carbocycles. The van der Waals surface area contributed by atoms with E-state index in [2.05, 4.69) is 67.4 Å². The predicted octanol–water partition coefficient (Wildman–Crippen LogP) is 5.72. The van der Waals surface area contributed by atoms with Gasteiger partial charge in [-0.3, -0.25) is 8.80 Å². The van der Waals surface area contributed by atoms with Crippen molar-refractivity contribution in [3.8, 4) is 11.1 Å². The first kappa shape index (κ1) is 20.2. The maximum atomic E-state index is 12.3. The Morgan fingerprint density at radius 1 is 1.12 bits per heavy atom. The van der Waals surface area contributed by atoms with Crippen LogP contribution in [0.25, 0.3) is 33.5 Å². The maximum Gasteiger partial charge on any atom is 0.358 e. The molecule has 0 saturated carbocycles. The summed E-state index contributed by atoms with van der Waals surface area (Å²) in [4.78, 5) is 21.7. The number of nitrogens with zero attached hydrogens (tertiary/aromatic N) is 4. The summed E-state index contributed by atoms with van der Waals surface area (Å²) in [7, 11) is 1.37.